The molecule has 5 rings (SSSR count). The molecule has 2 amide bonds. The van der Waals surface area contributed by atoms with Gasteiger partial charge in [0.15, 0.2) is 0 Å². The molecule has 0 radical (unpaired) electrons. The zero-order valence-electron chi connectivity index (χ0n) is 20.4. The Balaban J connectivity index is 1.62. The number of carbonyl (C=O) groups is 2. The molecule has 8 nitrogen and oxygen atoms in total. The van der Waals surface area contributed by atoms with Crippen molar-refractivity contribution in [1.29, 1.82) is 5.26 Å². The summed E-state index contributed by atoms with van der Waals surface area (Å²) in [6.07, 6.45) is 5.50. The van der Waals surface area contributed by atoms with E-state index in [2.05, 4.69) is 28.3 Å². The molecule has 8 heteroatoms. The van der Waals surface area contributed by atoms with E-state index in [9.17, 15) is 14.9 Å². The first kappa shape index (κ1) is 23.8. The van der Waals surface area contributed by atoms with Crippen LogP contribution in [0.5, 0.6) is 0 Å². The molecule has 2 heterocycles. The van der Waals surface area contributed by atoms with Gasteiger partial charge in [-0.15, -0.1) is 0 Å². The van der Waals surface area contributed by atoms with Crippen molar-refractivity contribution in [1.82, 2.24) is 9.55 Å². The molecule has 0 aliphatic heterocycles. The standard InChI is InChI=1S/C29H26N6O2/c1-3-23(36)33-21-12-8-19(9-13-21)27-25(26-28(35(27)2)20(15-30)16-32-29(26)31)18-6-10-22(11-7-18)34-24(37)14-17-4-5-17/h3,6-13,16-17H,1,4-5,14H2,2H3,(H2,31,32)(H,33,36)(H,34,37). The molecule has 1 fully saturated rings. The minimum Gasteiger partial charge on any atom is -0.383 e. The van der Waals surface area contributed by atoms with Crippen LogP contribution >= 0.6 is 0 Å². The average molecular weight is 491 g/mol. The number of amides is 2. The third-order valence-electron chi connectivity index (χ3n) is 6.60. The maximum absolute atomic E-state index is 12.3. The molecule has 0 saturated heterocycles. The first-order valence-electron chi connectivity index (χ1n) is 12.0. The van der Waals surface area contributed by atoms with Gasteiger partial charge in [-0.05, 0) is 60.2 Å². The van der Waals surface area contributed by atoms with Crippen molar-refractivity contribution >= 4 is 39.9 Å². The van der Waals surface area contributed by atoms with Crippen molar-refractivity contribution in [2.75, 3.05) is 16.4 Å². The molecule has 1 saturated carbocycles. The molecule has 37 heavy (non-hydrogen) atoms. The van der Waals surface area contributed by atoms with Gasteiger partial charge in [0.1, 0.15) is 11.9 Å². The van der Waals surface area contributed by atoms with Crippen molar-refractivity contribution in [2.24, 2.45) is 13.0 Å². The van der Waals surface area contributed by atoms with E-state index in [1.165, 1.54) is 12.3 Å². The fraction of sp³-hybridized carbons (Fsp3) is 0.172. The summed E-state index contributed by atoms with van der Waals surface area (Å²) in [5.41, 5.74) is 12.3. The molecule has 1 aliphatic rings. The summed E-state index contributed by atoms with van der Waals surface area (Å²) >= 11 is 0. The van der Waals surface area contributed by atoms with Gasteiger partial charge in [0.05, 0.1) is 22.2 Å². The molecule has 2 aromatic carbocycles. The van der Waals surface area contributed by atoms with Gasteiger partial charge in [-0.2, -0.15) is 5.26 Å². The van der Waals surface area contributed by atoms with E-state index < -0.39 is 0 Å². The van der Waals surface area contributed by atoms with E-state index in [4.69, 9.17) is 5.73 Å². The van der Waals surface area contributed by atoms with Crippen molar-refractivity contribution in [3.05, 3.63) is 72.9 Å². The van der Waals surface area contributed by atoms with Crippen LogP contribution in [-0.4, -0.2) is 21.4 Å². The number of aryl methyl sites for hydroxylation is 1. The van der Waals surface area contributed by atoms with Crippen LogP contribution in [0.2, 0.25) is 0 Å². The fourth-order valence-corrected chi connectivity index (χ4v) is 4.63. The molecule has 0 atom stereocenters. The summed E-state index contributed by atoms with van der Waals surface area (Å²) in [6.45, 7) is 3.48. The van der Waals surface area contributed by atoms with Crippen molar-refractivity contribution in [3.63, 3.8) is 0 Å². The number of aromatic nitrogens is 2. The number of rotatable bonds is 7. The van der Waals surface area contributed by atoms with Gasteiger partial charge in [-0.3, -0.25) is 9.59 Å². The van der Waals surface area contributed by atoms with E-state index in [0.717, 1.165) is 40.9 Å². The number of carbonyl (C=O) groups excluding carboxylic acids is 2. The number of nitrogens with zero attached hydrogens (tertiary/aromatic N) is 3. The van der Waals surface area contributed by atoms with Gasteiger partial charge >= 0.3 is 0 Å². The Labute approximate surface area is 214 Å². The molecular formula is C29H26N6O2. The topological polar surface area (TPSA) is 126 Å². The van der Waals surface area contributed by atoms with Crippen LogP contribution in [0.3, 0.4) is 0 Å². The van der Waals surface area contributed by atoms with Gasteiger partial charge in [0.2, 0.25) is 11.8 Å². The summed E-state index contributed by atoms with van der Waals surface area (Å²) < 4.78 is 1.95. The highest BCUT2D eigenvalue weighted by Gasteiger charge is 2.25. The SMILES string of the molecule is C=CC(=O)Nc1ccc(-c2c(-c3ccc(NC(=O)CC4CC4)cc3)c3c(N)ncc(C#N)c3n2C)cc1. The van der Waals surface area contributed by atoms with Crippen LogP contribution in [0, 0.1) is 17.2 Å². The van der Waals surface area contributed by atoms with Crippen LogP contribution in [0.4, 0.5) is 17.2 Å². The first-order chi connectivity index (χ1) is 17.9. The Morgan fingerprint density at radius 2 is 1.73 bits per heavy atom. The maximum atomic E-state index is 12.3. The number of nitriles is 1. The van der Waals surface area contributed by atoms with E-state index in [1.807, 2.05) is 60.1 Å². The second-order valence-corrected chi connectivity index (χ2v) is 9.22. The number of hydrogen-bond donors (Lipinski definition) is 3. The minimum absolute atomic E-state index is 0.0249. The first-order valence-corrected chi connectivity index (χ1v) is 12.0. The van der Waals surface area contributed by atoms with E-state index in [-0.39, 0.29) is 11.8 Å². The molecular weight excluding hydrogens is 464 g/mol. The van der Waals surface area contributed by atoms with Crippen LogP contribution < -0.4 is 16.4 Å². The summed E-state index contributed by atoms with van der Waals surface area (Å²) in [5.74, 6) is 0.568. The number of hydrogen-bond acceptors (Lipinski definition) is 5. The molecule has 0 spiro atoms. The second-order valence-electron chi connectivity index (χ2n) is 9.22. The van der Waals surface area contributed by atoms with Crippen LogP contribution in [0.25, 0.3) is 33.3 Å². The van der Waals surface area contributed by atoms with Gasteiger partial charge in [-0.1, -0.05) is 30.8 Å². The third-order valence-corrected chi connectivity index (χ3v) is 6.60. The number of nitrogen functional groups attached to an aromatic ring is 1. The van der Waals surface area contributed by atoms with Crippen molar-refractivity contribution in [2.45, 2.75) is 19.3 Å². The lowest BCUT2D eigenvalue weighted by Gasteiger charge is -2.11. The van der Waals surface area contributed by atoms with Crippen molar-refractivity contribution < 1.29 is 9.59 Å². The predicted octanol–water partition coefficient (Wildman–Crippen LogP) is 5.22. The Hall–Kier alpha value is -4.90. The molecule has 4 N–H and O–H groups in total. The Bertz CT molecular complexity index is 1570. The van der Waals surface area contributed by atoms with Gasteiger partial charge in [-0.25, -0.2) is 4.98 Å². The maximum Gasteiger partial charge on any atom is 0.247 e. The van der Waals surface area contributed by atoms with Gasteiger partial charge < -0.3 is 20.9 Å². The zero-order valence-corrected chi connectivity index (χ0v) is 20.4. The molecule has 0 unspecified atom stereocenters. The highest BCUT2D eigenvalue weighted by Crippen LogP contribution is 2.43. The average Bonchev–Trinajstić information content (AvgIpc) is 3.66. The molecule has 4 aromatic rings. The van der Waals surface area contributed by atoms with Crippen LogP contribution in [0.1, 0.15) is 24.8 Å². The van der Waals surface area contributed by atoms with E-state index in [0.29, 0.717) is 40.3 Å². The Morgan fingerprint density at radius 3 is 2.32 bits per heavy atom. The number of nitrogens with two attached hydrogens (primary N) is 1. The summed E-state index contributed by atoms with van der Waals surface area (Å²) in [6, 6.07) is 17.3. The zero-order chi connectivity index (χ0) is 26.1. The largest absolute Gasteiger partial charge is 0.383 e. The van der Waals surface area contributed by atoms with E-state index >= 15 is 0 Å². The highest BCUT2D eigenvalue weighted by atomic mass is 16.2. The monoisotopic (exact) mass is 490 g/mol. The lowest BCUT2D eigenvalue weighted by molar-refractivity contribution is -0.116. The fourth-order valence-electron chi connectivity index (χ4n) is 4.63. The summed E-state index contributed by atoms with van der Waals surface area (Å²) in [5, 5.41) is 16.2. The number of benzene rings is 2. The number of anilines is 3. The number of fused-ring (bicyclic) bond motifs is 1. The Morgan fingerprint density at radius 1 is 1.11 bits per heavy atom. The van der Waals surface area contributed by atoms with Gasteiger partial charge in [0.25, 0.3) is 0 Å². The third kappa shape index (κ3) is 4.67. The van der Waals surface area contributed by atoms with Crippen molar-refractivity contribution in [3.8, 4) is 28.5 Å². The minimum atomic E-state index is -0.292. The molecule has 0 bridgehead atoms. The summed E-state index contributed by atoms with van der Waals surface area (Å²) in [7, 11) is 1.89. The van der Waals surface area contributed by atoms with Crippen LogP contribution in [0.15, 0.2) is 67.4 Å². The van der Waals surface area contributed by atoms with Gasteiger partial charge in [0, 0.05) is 36.6 Å². The lowest BCUT2D eigenvalue weighted by atomic mass is 9.97. The number of pyridine rings is 1. The Kier molecular flexibility index (Phi) is 6.20. The van der Waals surface area contributed by atoms with E-state index in [1.54, 1.807) is 0 Å². The highest BCUT2D eigenvalue weighted by molar-refractivity contribution is 6.11. The smallest absolute Gasteiger partial charge is 0.247 e. The molecule has 2 aromatic heterocycles. The van der Waals surface area contributed by atoms with Crippen LogP contribution in [-0.2, 0) is 16.6 Å². The molecule has 184 valence electrons. The lowest BCUT2D eigenvalue weighted by Crippen LogP contribution is -2.11. The summed E-state index contributed by atoms with van der Waals surface area (Å²) in [4.78, 5) is 28.2. The molecule has 1 aliphatic carbocycles. The normalized spacial score (nSPS) is 12.6. The predicted molar refractivity (Wildman–Crippen MR) is 146 cm³/mol. The second kappa shape index (κ2) is 9.63. The quantitative estimate of drug-likeness (QED) is 0.306. The number of nitrogens with one attached hydrogen (secondary N) is 2.